The maximum atomic E-state index is 6.15. The molecule has 2 aliphatic rings. The van der Waals surface area contributed by atoms with Crippen molar-refractivity contribution < 1.29 is 4.74 Å². The van der Waals surface area contributed by atoms with Crippen LogP contribution in [0, 0.1) is 0 Å². The number of piperidine rings is 1. The molecule has 4 nitrogen and oxygen atoms in total. The molecule has 0 unspecified atom stereocenters. The van der Waals surface area contributed by atoms with Crippen LogP contribution in [0.2, 0.25) is 0 Å². The number of rotatable bonds is 7. The van der Waals surface area contributed by atoms with Crippen molar-refractivity contribution in [2.45, 2.75) is 38.3 Å². The van der Waals surface area contributed by atoms with Gasteiger partial charge in [0.15, 0.2) is 0 Å². The van der Waals surface area contributed by atoms with Crippen molar-refractivity contribution in [3.63, 3.8) is 0 Å². The van der Waals surface area contributed by atoms with Gasteiger partial charge in [-0.25, -0.2) is 0 Å². The lowest BCUT2D eigenvalue weighted by Crippen LogP contribution is -2.34. The molecule has 0 aromatic heterocycles. The monoisotopic (exact) mass is 331 g/mol. The molecule has 0 spiro atoms. The van der Waals surface area contributed by atoms with Gasteiger partial charge in [0.25, 0.3) is 0 Å². The fraction of sp³-hybridized carbons (Fsp3) is 0.700. The first-order chi connectivity index (χ1) is 11.7. The van der Waals surface area contributed by atoms with Gasteiger partial charge in [-0.05, 0) is 59.1 Å². The molecule has 1 aromatic rings. The van der Waals surface area contributed by atoms with Crippen LogP contribution in [0.25, 0.3) is 0 Å². The third-order valence-electron chi connectivity index (χ3n) is 5.50. The van der Waals surface area contributed by atoms with Crippen molar-refractivity contribution in [2.24, 2.45) is 0 Å². The van der Waals surface area contributed by atoms with Crippen molar-refractivity contribution in [3.05, 3.63) is 29.8 Å². The summed E-state index contributed by atoms with van der Waals surface area (Å²) >= 11 is 0. The van der Waals surface area contributed by atoms with E-state index in [0.29, 0.717) is 6.04 Å². The minimum atomic E-state index is 0.663. The van der Waals surface area contributed by atoms with Crippen LogP contribution < -0.4 is 4.74 Å². The van der Waals surface area contributed by atoms with Crippen LogP contribution in [0.5, 0.6) is 5.75 Å². The molecular formula is C20H33N3O. The van der Waals surface area contributed by atoms with E-state index in [-0.39, 0.29) is 0 Å². The zero-order valence-corrected chi connectivity index (χ0v) is 15.4. The summed E-state index contributed by atoms with van der Waals surface area (Å²) in [5.41, 5.74) is 1.31. The molecule has 0 radical (unpaired) electrons. The Hall–Kier alpha value is -1.10. The lowest BCUT2D eigenvalue weighted by Gasteiger charge is -2.27. The predicted octanol–water partition coefficient (Wildman–Crippen LogP) is 2.69. The highest BCUT2D eigenvalue weighted by atomic mass is 16.5. The quantitative estimate of drug-likeness (QED) is 0.764. The highest BCUT2D eigenvalue weighted by Crippen LogP contribution is 2.22. The lowest BCUT2D eigenvalue weighted by atomic mass is 10.1. The molecule has 2 aliphatic heterocycles. The molecule has 24 heavy (non-hydrogen) atoms. The summed E-state index contributed by atoms with van der Waals surface area (Å²) in [4.78, 5) is 7.44. The Kier molecular flexibility index (Phi) is 6.52. The Morgan fingerprint density at radius 1 is 1.12 bits per heavy atom. The van der Waals surface area contributed by atoms with Crippen LogP contribution in [0.1, 0.15) is 31.2 Å². The Bertz CT molecular complexity index is 501. The lowest BCUT2D eigenvalue weighted by molar-refractivity contribution is 0.180. The molecule has 0 aliphatic carbocycles. The van der Waals surface area contributed by atoms with Crippen LogP contribution in [0.3, 0.4) is 0 Å². The second kappa shape index (κ2) is 8.84. The van der Waals surface area contributed by atoms with Gasteiger partial charge in [0.05, 0.1) is 0 Å². The van der Waals surface area contributed by atoms with E-state index >= 15 is 0 Å². The number of para-hydroxylation sites is 1. The molecule has 1 atom stereocenters. The van der Waals surface area contributed by atoms with Gasteiger partial charge in [-0.2, -0.15) is 0 Å². The van der Waals surface area contributed by atoms with E-state index in [2.05, 4.69) is 53.1 Å². The van der Waals surface area contributed by atoms with Gasteiger partial charge in [-0.15, -0.1) is 0 Å². The van der Waals surface area contributed by atoms with Crippen LogP contribution in [0.15, 0.2) is 24.3 Å². The molecule has 3 rings (SSSR count). The Balaban J connectivity index is 1.50. The molecule has 2 heterocycles. The number of hydrogen-bond donors (Lipinski definition) is 0. The average molecular weight is 332 g/mol. The Morgan fingerprint density at radius 3 is 2.67 bits per heavy atom. The maximum Gasteiger partial charge on any atom is 0.123 e. The van der Waals surface area contributed by atoms with E-state index < -0.39 is 0 Å². The SMILES string of the molecule is CN1CC[C@@H](N(C)Cc2ccccc2OCCN2CCCCC2)C1. The first-order valence-corrected chi connectivity index (χ1v) is 9.54. The van der Waals surface area contributed by atoms with E-state index in [0.717, 1.165) is 25.4 Å². The highest BCUT2D eigenvalue weighted by molar-refractivity contribution is 5.33. The minimum Gasteiger partial charge on any atom is -0.492 e. The van der Waals surface area contributed by atoms with Crippen LogP contribution >= 0.6 is 0 Å². The van der Waals surface area contributed by atoms with E-state index in [1.165, 1.54) is 57.4 Å². The first-order valence-electron chi connectivity index (χ1n) is 9.54. The van der Waals surface area contributed by atoms with Crippen LogP contribution in [0.4, 0.5) is 0 Å². The fourth-order valence-corrected chi connectivity index (χ4v) is 3.91. The summed E-state index contributed by atoms with van der Waals surface area (Å²) in [6.45, 7) is 7.69. The van der Waals surface area contributed by atoms with Crippen molar-refractivity contribution in [1.82, 2.24) is 14.7 Å². The second-order valence-electron chi connectivity index (χ2n) is 7.48. The third-order valence-corrected chi connectivity index (χ3v) is 5.50. The van der Waals surface area contributed by atoms with Crippen LogP contribution in [-0.2, 0) is 6.54 Å². The third kappa shape index (κ3) is 4.95. The molecule has 2 fully saturated rings. The highest BCUT2D eigenvalue weighted by Gasteiger charge is 2.23. The van der Waals surface area contributed by atoms with Gasteiger partial charge in [-0.1, -0.05) is 24.6 Å². The standard InChI is InChI=1S/C20H33N3O/c1-21-13-10-19(17-21)22(2)16-18-8-4-5-9-20(18)24-15-14-23-11-6-3-7-12-23/h4-5,8-9,19H,3,6-7,10-17H2,1-2H3/t19-/m1/s1. The number of hydrogen-bond acceptors (Lipinski definition) is 4. The summed E-state index contributed by atoms with van der Waals surface area (Å²) in [7, 11) is 4.46. The largest absolute Gasteiger partial charge is 0.492 e. The van der Waals surface area contributed by atoms with Crippen molar-refractivity contribution >= 4 is 0 Å². The van der Waals surface area contributed by atoms with Crippen molar-refractivity contribution in [2.75, 3.05) is 53.4 Å². The predicted molar refractivity (Wildman–Crippen MR) is 99.6 cm³/mol. The summed E-state index contributed by atoms with van der Waals surface area (Å²) in [6, 6.07) is 9.21. The molecule has 0 saturated carbocycles. The number of benzene rings is 1. The summed E-state index contributed by atoms with van der Waals surface area (Å²) in [5.74, 6) is 1.06. The molecule has 4 heteroatoms. The zero-order chi connectivity index (χ0) is 16.8. The molecule has 134 valence electrons. The smallest absolute Gasteiger partial charge is 0.123 e. The number of likely N-dealkylation sites (N-methyl/N-ethyl adjacent to an activating group) is 2. The summed E-state index contributed by atoms with van der Waals surface area (Å²) in [5, 5.41) is 0. The maximum absolute atomic E-state index is 6.15. The Labute approximate surface area is 147 Å². The minimum absolute atomic E-state index is 0.663. The summed E-state index contributed by atoms with van der Waals surface area (Å²) < 4.78 is 6.15. The van der Waals surface area contributed by atoms with E-state index in [4.69, 9.17) is 4.74 Å². The van der Waals surface area contributed by atoms with Crippen molar-refractivity contribution in [1.29, 1.82) is 0 Å². The zero-order valence-electron chi connectivity index (χ0n) is 15.4. The number of likely N-dealkylation sites (tertiary alicyclic amines) is 2. The fourth-order valence-electron chi connectivity index (χ4n) is 3.91. The van der Waals surface area contributed by atoms with Gasteiger partial charge >= 0.3 is 0 Å². The molecule has 2 saturated heterocycles. The van der Waals surface area contributed by atoms with E-state index in [9.17, 15) is 0 Å². The summed E-state index contributed by atoms with van der Waals surface area (Å²) in [6.07, 6.45) is 5.35. The van der Waals surface area contributed by atoms with Crippen LogP contribution in [-0.4, -0.2) is 74.2 Å². The molecular weight excluding hydrogens is 298 g/mol. The first kappa shape index (κ1) is 17.7. The van der Waals surface area contributed by atoms with Crippen molar-refractivity contribution in [3.8, 4) is 5.75 Å². The van der Waals surface area contributed by atoms with Gasteiger partial charge in [0, 0.05) is 31.2 Å². The van der Waals surface area contributed by atoms with E-state index in [1.807, 2.05) is 0 Å². The molecule has 0 bridgehead atoms. The average Bonchev–Trinajstić information content (AvgIpc) is 3.04. The Morgan fingerprint density at radius 2 is 1.92 bits per heavy atom. The molecule has 0 amide bonds. The van der Waals surface area contributed by atoms with Gasteiger partial charge in [-0.3, -0.25) is 9.80 Å². The topological polar surface area (TPSA) is 19.0 Å². The normalized spacial score (nSPS) is 23.0. The van der Waals surface area contributed by atoms with Gasteiger partial charge in [0.2, 0.25) is 0 Å². The number of ether oxygens (including phenoxy) is 1. The second-order valence-corrected chi connectivity index (χ2v) is 7.48. The molecule has 1 aromatic carbocycles. The van der Waals surface area contributed by atoms with Gasteiger partial charge in [0.1, 0.15) is 12.4 Å². The number of nitrogens with zero attached hydrogens (tertiary/aromatic N) is 3. The molecule has 0 N–H and O–H groups in total. The van der Waals surface area contributed by atoms with E-state index in [1.54, 1.807) is 0 Å². The van der Waals surface area contributed by atoms with Gasteiger partial charge < -0.3 is 9.64 Å².